The van der Waals surface area contributed by atoms with Gasteiger partial charge in [-0.05, 0) is 38.3 Å². The van der Waals surface area contributed by atoms with Gasteiger partial charge in [-0.15, -0.1) is 0 Å². The molecule has 1 unspecified atom stereocenters. The van der Waals surface area contributed by atoms with E-state index in [1.165, 1.54) is 5.56 Å². The Hall–Kier alpha value is -0.760. The molecule has 2 rings (SSSR count). The predicted octanol–water partition coefficient (Wildman–Crippen LogP) is 2.39. The van der Waals surface area contributed by atoms with E-state index >= 15 is 0 Å². The van der Waals surface area contributed by atoms with E-state index in [1.807, 2.05) is 6.07 Å². The van der Waals surface area contributed by atoms with Gasteiger partial charge in [0.25, 0.3) is 0 Å². The van der Waals surface area contributed by atoms with Crippen molar-refractivity contribution < 1.29 is 9.15 Å². The van der Waals surface area contributed by atoms with Crippen LogP contribution in [-0.4, -0.2) is 11.7 Å². The zero-order chi connectivity index (χ0) is 8.60. The minimum absolute atomic E-state index is 0.129. The fourth-order valence-electron chi connectivity index (χ4n) is 1.47. The first-order chi connectivity index (χ1) is 5.68. The summed E-state index contributed by atoms with van der Waals surface area (Å²) in [5, 5.41) is 0. The molecule has 1 aliphatic rings. The Labute approximate surface area is 72.5 Å². The molecule has 0 N–H and O–H groups in total. The van der Waals surface area contributed by atoms with Gasteiger partial charge in [0.2, 0.25) is 0 Å². The van der Waals surface area contributed by atoms with Gasteiger partial charge in [-0.3, -0.25) is 0 Å². The van der Waals surface area contributed by atoms with Gasteiger partial charge >= 0.3 is 0 Å². The van der Waals surface area contributed by atoms with E-state index in [-0.39, 0.29) is 5.60 Å². The quantitative estimate of drug-likeness (QED) is 0.644. The van der Waals surface area contributed by atoms with E-state index < -0.39 is 0 Å². The van der Waals surface area contributed by atoms with E-state index in [1.54, 1.807) is 12.5 Å². The number of epoxide rings is 1. The van der Waals surface area contributed by atoms with Crippen LogP contribution in [0.2, 0.25) is 0 Å². The molecule has 0 aromatic carbocycles. The fourth-order valence-corrected chi connectivity index (χ4v) is 1.47. The highest BCUT2D eigenvalue weighted by Crippen LogP contribution is 2.38. The highest BCUT2D eigenvalue weighted by Gasteiger charge is 2.46. The third-order valence-corrected chi connectivity index (χ3v) is 2.44. The Balaban J connectivity index is 1.78. The van der Waals surface area contributed by atoms with Crippen molar-refractivity contribution >= 4 is 0 Å². The molecule has 1 fully saturated rings. The first-order valence-electron chi connectivity index (χ1n) is 4.37. The molecule has 1 aromatic rings. The zero-order valence-corrected chi connectivity index (χ0v) is 7.54. The highest BCUT2D eigenvalue weighted by atomic mass is 16.6. The summed E-state index contributed by atoms with van der Waals surface area (Å²) in [4.78, 5) is 0. The Bertz CT molecular complexity index is 249. The lowest BCUT2D eigenvalue weighted by molar-refractivity contribution is 0.320. The average molecular weight is 166 g/mol. The topological polar surface area (TPSA) is 25.7 Å². The summed E-state index contributed by atoms with van der Waals surface area (Å²) in [6, 6.07) is 2.01. The van der Waals surface area contributed by atoms with Gasteiger partial charge in [-0.1, -0.05) is 0 Å². The van der Waals surface area contributed by atoms with E-state index in [0.717, 1.165) is 12.8 Å². The lowest BCUT2D eigenvalue weighted by Crippen LogP contribution is -2.03. The third kappa shape index (κ3) is 1.53. The second-order valence-corrected chi connectivity index (χ2v) is 3.88. The number of hydrogen-bond acceptors (Lipinski definition) is 2. The second-order valence-electron chi connectivity index (χ2n) is 3.88. The predicted molar refractivity (Wildman–Crippen MR) is 46.0 cm³/mol. The monoisotopic (exact) mass is 166 g/mol. The van der Waals surface area contributed by atoms with Crippen LogP contribution in [0.1, 0.15) is 25.8 Å². The highest BCUT2D eigenvalue weighted by molar-refractivity contribution is 5.07. The molecule has 1 saturated heterocycles. The molecule has 1 aliphatic heterocycles. The molecule has 0 radical (unpaired) electrons. The van der Waals surface area contributed by atoms with E-state index in [9.17, 15) is 0 Å². The van der Waals surface area contributed by atoms with E-state index in [4.69, 9.17) is 9.15 Å². The van der Waals surface area contributed by atoms with Crippen molar-refractivity contribution in [3.05, 3.63) is 24.2 Å². The first kappa shape index (κ1) is 7.87. The second kappa shape index (κ2) is 2.63. The molecular weight excluding hydrogens is 152 g/mol. The van der Waals surface area contributed by atoms with Crippen LogP contribution in [0.3, 0.4) is 0 Å². The van der Waals surface area contributed by atoms with Crippen LogP contribution in [0, 0.1) is 0 Å². The summed E-state index contributed by atoms with van der Waals surface area (Å²) in [6.07, 6.45) is 6.13. The molecule has 66 valence electrons. The molecule has 0 spiro atoms. The molecule has 1 aromatic heterocycles. The molecule has 12 heavy (non-hydrogen) atoms. The normalized spacial score (nSPS) is 25.7. The van der Waals surface area contributed by atoms with Gasteiger partial charge in [0.05, 0.1) is 24.2 Å². The Morgan fingerprint density at radius 1 is 1.50 bits per heavy atom. The minimum Gasteiger partial charge on any atom is -0.472 e. The van der Waals surface area contributed by atoms with Crippen LogP contribution in [0.5, 0.6) is 0 Å². The Morgan fingerprint density at radius 3 is 2.75 bits per heavy atom. The van der Waals surface area contributed by atoms with Crippen LogP contribution in [0.4, 0.5) is 0 Å². The van der Waals surface area contributed by atoms with Crippen molar-refractivity contribution in [3.63, 3.8) is 0 Å². The number of aryl methyl sites for hydroxylation is 1. The maximum absolute atomic E-state index is 5.47. The smallest absolute Gasteiger partial charge is 0.0934 e. The Kier molecular flexibility index (Phi) is 1.72. The molecule has 1 atom stereocenters. The number of hydrogen-bond donors (Lipinski definition) is 0. The summed E-state index contributed by atoms with van der Waals surface area (Å²) < 4.78 is 10.5. The molecule has 0 aliphatic carbocycles. The summed E-state index contributed by atoms with van der Waals surface area (Å²) in [7, 11) is 0. The maximum Gasteiger partial charge on any atom is 0.0934 e. The number of ether oxygens (including phenoxy) is 1. The van der Waals surface area contributed by atoms with E-state index in [0.29, 0.717) is 6.10 Å². The van der Waals surface area contributed by atoms with Crippen molar-refractivity contribution in [2.45, 2.75) is 38.4 Å². The van der Waals surface area contributed by atoms with Gasteiger partial charge in [0.1, 0.15) is 0 Å². The van der Waals surface area contributed by atoms with Crippen molar-refractivity contribution in [1.29, 1.82) is 0 Å². The zero-order valence-electron chi connectivity index (χ0n) is 7.54. The summed E-state index contributed by atoms with van der Waals surface area (Å²) in [5.41, 5.74) is 1.39. The van der Waals surface area contributed by atoms with Crippen LogP contribution in [0.15, 0.2) is 23.0 Å². The van der Waals surface area contributed by atoms with Gasteiger partial charge in [0, 0.05) is 0 Å². The molecule has 2 heterocycles. The molecule has 0 saturated carbocycles. The molecular formula is C10H14O2. The van der Waals surface area contributed by atoms with Gasteiger partial charge < -0.3 is 9.15 Å². The van der Waals surface area contributed by atoms with Crippen molar-refractivity contribution in [3.8, 4) is 0 Å². The molecule has 2 nitrogen and oxygen atoms in total. The van der Waals surface area contributed by atoms with Gasteiger partial charge in [-0.25, -0.2) is 0 Å². The standard InChI is InChI=1S/C10H14O2/c1-10(2)9(12-10)4-3-8-5-6-11-7-8/h5-7,9H,3-4H2,1-2H3. The minimum atomic E-state index is 0.129. The first-order valence-corrected chi connectivity index (χ1v) is 4.37. The molecule has 0 amide bonds. The number of furan rings is 1. The number of rotatable bonds is 3. The maximum atomic E-state index is 5.47. The summed E-state index contributed by atoms with van der Waals surface area (Å²) in [5.74, 6) is 0. The molecule has 0 bridgehead atoms. The van der Waals surface area contributed by atoms with Crippen LogP contribution < -0.4 is 0 Å². The fraction of sp³-hybridized carbons (Fsp3) is 0.600. The third-order valence-electron chi connectivity index (χ3n) is 2.44. The average Bonchev–Trinajstić information content (AvgIpc) is 2.54. The largest absolute Gasteiger partial charge is 0.472 e. The Morgan fingerprint density at radius 2 is 2.25 bits per heavy atom. The van der Waals surface area contributed by atoms with Crippen LogP contribution in [0.25, 0.3) is 0 Å². The van der Waals surface area contributed by atoms with Gasteiger partial charge in [-0.2, -0.15) is 0 Å². The van der Waals surface area contributed by atoms with Crippen molar-refractivity contribution in [2.24, 2.45) is 0 Å². The summed E-state index contributed by atoms with van der Waals surface area (Å²) in [6.45, 7) is 4.26. The SMILES string of the molecule is CC1(C)OC1CCc1ccoc1. The van der Waals surface area contributed by atoms with E-state index in [2.05, 4.69) is 13.8 Å². The summed E-state index contributed by atoms with van der Waals surface area (Å²) >= 11 is 0. The van der Waals surface area contributed by atoms with Crippen molar-refractivity contribution in [2.75, 3.05) is 0 Å². The lowest BCUT2D eigenvalue weighted by Gasteiger charge is -1.94. The van der Waals surface area contributed by atoms with Crippen molar-refractivity contribution in [1.82, 2.24) is 0 Å². The van der Waals surface area contributed by atoms with Crippen LogP contribution in [-0.2, 0) is 11.2 Å². The van der Waals surface area contributed by atoms with Crippen LogP contribution >= 0.6 is 0 Å². The lowest BCUT2D eigenvalue weighted by atomic mass is 10.0. The van der Waals surface area contributed by atoms with Gasteiger partial charge in [0.15, 0.2) is 0 Å². The molecule has 2 heteroatoms.